The molecule has 0 aliphatic carbocycles. The SMILES string of the molecule is Cc1cc(-c2cc(C)cc(C(C)(C)c3ccccc3)c2O)c(O)c(C(C)(C)c2ccccc2)c1. The molecule has 0 fully saturated rings. The van der Waals surface area contributed by atoms with Crippen molar-refractivity contribution in [3.63, 3.8) is 0 Å². The van der Waals surface area contributed by atoms with Gasteiger partial charge in [0.15, 0.2) is 0 Å². The maximum absolute atomic E-state index is 11.6. The summed E-state index contributed by atoms with van der Waals surface area (Å²) >= 11 is 0. The minimum atomic E-state index is -0.405. The molecule has 0 radical (unpaired) electrons. The summed E-state index contributed by atoms with van der Waals surface area (Å²) in [5, 5.41) is 23.2. The molecule has 0 aliphatic rings. The Morgan fingerprint density at radius 3 is 1.15 bits per heavy atom. The third kappa shape index (κ3) is 4.09. The minimum absolute atomic E-state index is 0.212. The lowest BCUT2D eigenvalue weighted by Crippen LogP contribution is -2.20. The summed E-state index contributed by atoms with van der Waals surface area (Å²) in [5.74, 6) is 0.424. The summed E-state index contributed by atoms with van der Waals surface area (Å²) in [5.41, 5.74) is 6.53. The quantitative estimate of drug-likeness (QED) is 0.323. The second kappa shape index (κ2) is 8.68. The van der Waals surface area contributed by atoms with Gasteiger partial charge in [-0.05, 0) is 48.2 Å². The molecular formula is C32H34O2. The molecule has 4 rings (SSSR count). The number of phenols is 2. The highest BCUT2D eigenvalue weighted by molar-refractivity contribution is 5.80. The molecule has 0 amide bonds. The van der Waals surface area contributed by atoms with Crippen molar-refractivity contribution in [3.05, 3.63) is 118 Å². The number of aromatic hydroxyl groups is 2. The van der Waals surface area contributed by atoms with Crippen molar-refractivity contribution in [2.75, 3.05) is 0 Å². The van der Waals surface area contributed by atoms with Gasteiger partial charge < -0.3 is 10.2 Å². The standard InChI is InChI=1S/C32H34O2/c1-21-17-25(29(33)27(19-21)31(3,4)23-13-9-7-10-14-23)26-18-22(2)20-28(30(26)34)32(5,6)24-15-11-8-12-16-24/h7-20,33-34H,1-6H3. The van der Waals surface area contributed by atoms with E-state index in [1.165, 1.54) is 0 Å². The van der Waals surface area contributed by atoms with E-state index in [9.17, 15) is 10.2 Å². The lowest BCUT2D eigenvalue weighted by Gasteiger charge is -2.30. The first-order valence-electron chi connectivity index (χ1n) is 11.8. The van der Waals surface area contributed by atoms with Crippen LogP contribution in [0, 0.1) is 13.8 Å². The molecule has 2 nitrogen and oxygen atoms in total. The zero-order valence-corrected chi connectivity index (χ0v) is 21.0. The van der Waals surface area contributed by atoms with Gasteiger partial charge in [-0.3, -0.25) is 0 Å². The Kier molecular flexibility index (Phi) is 6.03. The predicted octanol–water partition coefficient (Wildman–Crippen LogP) is 8.03. The molecule has 0 unspecified atom stereocenters. The van der Waals surface area contributed by atoms with Crippen molar-refractivity contribution in [2.24, 2.45) is 0 Å². The van der Waals surface area contributed by atoms with Gasteiger partial charge >= 0.3 is 0 Å². The monoisotopic (exact) mass is 450 g/mol. The van der Waals surface area contributed by atoms with E-state index >= 15 is 0 Å². The number of rotatable bonds is 5. The smallest absolute Gasteiger partial charge is 0.127 e. The van der Waals surface area contributed by atoms with Crippen LogP contribution >= 0.6 is 0 Å². The zero-order chi connectivity index (χ0) is 24.7. The molecule has 0 saturated heterocycles. The molecule has 0 aromatic heterocycles. The molecule has 0 bridgehead atoms. The predicted molar refractivity (Wildman–Crippen MR) is 142 cm³/mol. The number of hydrogen-bond donors (Lipinski definition) is 2. The molecular weight excluding hydrogens is 416 g/mol. The Hall–Kier alpha value is -3.52. The number of benzene rings is 4. The fourth-order valence-electron chi connectivity index (χ4n) is 4.94. The first-order valence-corrected chi connectivity index (χ1v) is 11.8. The van der Waals surface area contributed by atoms with Crippen LogP contribution in [0.15, 0.2) is 84.9 Å². The summed E-state index contributed by atoms with van der Waals surface area (Å²) < 4.78 is 0. The molecule has 0 saturated carbocycles. The molecule has 174 valence electrons. The van der Waals surface area contributed by atoms with Gasteiger partial charge in [0.1, 0.15) is 11.5 Å². The second-order valence-electron chi connectivity index (χ2n) is 10.4. The summed E-state index contributed by atoms with van der Waals surface area (Å²) in [6.07, 6.45) is 0. The lowest BCUT2D eigenvalue weighted by molar-refractivity contribution is 0.446. The summed E-state index contributed by atoms with van der Waals surface area (Å²) in [4.78, 5) is 0. The van der Waals surface area contributed by atoms with Gasteiger partial charge in [-0.15, -0.1) is 0 Å². The highest BCUT2D eigenvalue weighted by Gasteiger charge is 2.31. The van der Waals surface area contributed by atoms with Crippen molar-refractivity contribution in [1.29, 1.82) is 0 Å². The largest absolute Gasteiger partial charge is 0.507 e. The number of hydrogen-bond acceptors (Lipinski definition) is 2. The van der Waals surface area contributed by atoms with Crippen LogP contribution in [-0.4, -0.2) is 10.2 Å². The highest BCUT2D eigenvalue weighted by Crippen LogP contribution is 2.48. The Morgan fingerprint density at radius 1 is 0.500 bits per heavy atom. The number of phenolic OH excluding ortho intramolecular Hbond substituents is 2. The van der Waals surface area contributed by atoms with Gasteiger partial charge in [0.2, 0.25) is 0 Å². The zero-order valence-electron chi connectivity index (χ0n) is 21.0. The molecule has 4 aromatic rings. The highest BCUT2D eigenvalue weighted by atomic mass is 16.3. The van der Waals surface area contributed by atoms with E-state index < -0.39 is 10.8 Å². The molecule has 0 heterocycles. The molecule has 2 N–H and O–H groups in total. The van der Waals surface area contributed by atoms with Crippen LogP contribution in [0.3, 0.4) is 0 Å². The van der Waals surface area contributed by atoms with Crippen LogP contribution in [0.25, 0.3) is 11.1 Å². The fourth-order valence-corrected chi connectivity index (χ4v) is 4.94. The molecule has 0 atom stereocenters. The average Bonchev–Trinajstić information content (AvgIpc) is 2.82. The fraction of sp³-hybridized carbons (Fsp3) is 0.250. The Balaban J connectivity index is 1.93. The maximum atomic E-state index is 11.6. The lowest BCUT2D eigenvalue weighted by atomic mass is 9.74. The van der Waals surface area contributed by atoms with Crippen LogP contribution in [0.1, 0.15) is 61.1 Å². The van der Waals surface area contributed by atoms with Gasteiger partial charge in [-0.2, -0.15) is 0 Å². The second-order valence-corrected chi connectivity index (χ2v) is 10.4. The molecule has 0 spiro atoms. The van der Waals surface area contributed by atoms with Crippen LogP contribution in [0.5, 0.6) is 11.5 Å². The third-order valence-electron chi connectivity index (χ3n) is 7.14. The Morgan fingerprint density at radius 2 is 0.824 bits per heavy atom. The van der Waals surface area contributed by atoms with Crippen LogP contribution in [0.2, 0.25) is 0 Å². The molecule has 34 heavy (non-hydrogen) atoms. The minimum Gasteiger partial charge on any atom is -0.507 e. The molecule has 4 aromatic carbocycles. The van der Waals surface area contributed by atoms with Crippen molar-refractivity contribution >= 4 is 0 Å². The number of aryl methyl sites for hydroxylation is 2. The normalized spacial score (nSPS) is 12.1. The topological polar surface area (TPSA) is 40.5 Å². The Bertz CT molecular complexity index is 1210. The first kappa shape index (κ1) is 23.6. The van der Waals surface area contributed by atoms with Gasteiger partial charge in [-0.25, -0.2) is 0 Å². The summed E-state index contributed by atoms with van der Waals surface area (Å²) in [6, 6.07) is 28.5. The van der Waals surface area contributed by atoms with Crippen molar-refractivity contribution in [2.45, 2.75) is 52.4 Å². The maximum Gasteiger partial charge on any atom is 0.127 e. The van der Waals surface area contributed by atoms with E-state index in [1.54, 1.807) is 0 Å². The van der Waals surface area contributed by atoms with Gasteiger partial charge in [0.25, 0.3) is 0 Å². The van der Waals surface area contributed by atoms with E-state index in [1.807, 2.05) is 74.5 Å². The van der Waals surface area contributed by atoms with Gasteiger partial charge in [0, 0.05) is 33.1 Å². The van der Waals surface area contributed by atoms with Gasteiger partial charge in [-0.1, -0.05) is 100 Å². The molecule has 2 heteroatoms. The van der Waals surface area contributed by atoms with Crippen LogP contribution in [-0.2, 0) is 10.8 Å². The van der Waals surface area contributed by atoms with E-state index in [4.69, 9.17) is 0 Å². The van der Waals surface area contributed by atoms with Crippen molar-refractivity contribution in [3.8, 4) is 22.6 Å². The van der Waals surface area contributed by atoms with Crippen molar-refractivity contribution < 1.29 is 10.2 Å². The van der Waals surface area contributed by atoms with Gasteiger partial charge in [0.05, 0.1) is 0 Å². The first-order chi connectivity index (χ1) is 16.0. The third-order valence-corrected chi connectivity index (χ3v) is 7.14. The van der Waals surface area contributed by atoms with E-state index in [2.05, 4.69) is 52.0 Å². The average molecular weight is 451 g/mol. The molecule has 0 aliphatic heterocycles. The Labute approximate surface area is 203 Å². The van der Waals surface area contributed by atoms with Crippen LogP contribution in [0.4, 0.5) is 0 Å². The summed E-state index contributed by atoms with van der Waals surface area (Å²) in [6.45, 7) is 12.6. The van der Waals surface area contributed by atoms with Crippen molar-refractivity contribution in [1.82, 2.24) is 0 Å². The van der Waals surface area contributed by atoms with E-state index in [-0.39, 0.29) is 11.5 Å². The summed E-state index contributed by atoms with van der Waals surface area (Å²) in [7, 11) is 0. The van der Waals surface area contributed by atoms with E-state index in [0.29, 0.717) is 11.1 Å². The van der Waals surface area contributed by atoms with E-state index in [0.717, 1.165) is 33.4 Å². The van der Waals surface area contributed by atoms with Crippen LogP contribution < -0.4 is 0 Å².